The van der Waals surface area contributed by atoms with Crippen LogP contribution in [0.2, 0.25) is 0 Å². The second-order valence-corrected chi connectivity index (χ2v) is 7.47. The van der Waals surface area contributed by atoms with Crippen LogP contribution in [0.4, 0.5) is 0 Å². The van der Waals surface area contributed by atoms with E-state index in [2.05, 4.69) is 51.7 Å². The summed E-state index contributed by atoms with van der Waals surface area (Å²) in [6.07, 6.45) is 2.78. The monoisotopic (exact) mass is 358 g/mol. The smallest absolute Gasteiger partial charge is 0.159 e. The molecule has 5 rings (SSSR count). The molecule has 128 valence electrons. The molecular weight excluding hydrogens is 340 g/mol. The van der Waals surface area contributed by atoms with Crippen LogP contribution in [0.3, 0.4) is 0 Å². The van der Waals surface area contributed by atoms with Crippen LogP contribution in [-0.4, -0.2) is 26.4 Å². The predicted molar refractivity (Wildman–Crippen MR) is 105 cm³/mol. The summed E-state index contributed by atoms with van der Waals surface area (Å²) in [7, 11) is 0. The second-order valence-electron chi connectivity index (χ2n) is 6.61. The molecule has 1 aliphatic rings. The number of nitrogens with zero attached hydrogens (tertiary/aromatic N) is 4. The molecule has 4 nitrogen and oxygen atoms in total. The number of benzene rings is 1. The van der Waals surface area contributed by atoms with Gasteiger partial charge in [0, 0.05) is 54.3 Å². The maximum atomic E-state index is 4.83. The summed E-state index contributed by atoms with van der Waals surface area (Å²) in [4.78, 5) is 16.4. The van der Waals surface area contributed by atoms with Crippen LogP contribution in [0.15, 0.2) is 60.1 Å². The average molecular weight is 358 g/mol. The molecule has 0 saturated carbocycles. The van der Waals surface area contributed by atoms with Crippen molar-refractivity contribution in [2.45, 2.75) is 19.5 Å². The van der Waals surface area contributed by atoms with E-state index in [9.17, 15) is 0 Å². The Morgan fingerprint density at radius 1 is 1.04 bits per heavy atom. The first-order valence-electron chi connectivity index (χ1n) is 8.81. The van der Waals surface area contributed by atoms with Gasteiger partial charge >= 0.3 is 0 Å². The minimum atomic E-state index is 0.853. The SMILES string of the molecule is c1ccc(-c2nc(CN3CCc4nc5ncccc5cc4C3)cs2)cc1. The predicted octanol–water partition coefficient (Wildman–Crippen LogP) is 4.31. The zero-order valence-electron chi connectivity index (χ0n) is 14.3. The fraction of sp³-hybridized carbons (Fsp3) is 0.190. The summed E-state index contributed by atoms with van der Waals surface area (Å²) in [5.74, 6) is 0. The average Bonchev–Trinajstić information content (AvgIpc) is 3.15. The Morgan fingerprint density at radius 2 is 1.96 bits per heavy atom. The summed E-state index contributed by atoms with van der Waals surface area (Å²) in [6.45, 7) is 2.82. The van der Waals surface area contributed by atoms with Crippen molar-refractivity contribution in [2.75, 3.05) is 6.54 Å². The maximum absolute atomic E-state index is 4.83. The molecule has 0 unspecified atom stereocenters. The van der Waals surface area contributed by atoms with Gasteiger partial charge in [0.15, 0.2) is 5.65 Å². The molecule has 5 heteroatoms. The fourth-order valence-electron chi connectivity index (χ4n) is 3.48. The van der Waals surface area contributed by atoms with Crippen molar-refractivity contribution in [1.29, 1.82) is 0 Å². The van der Waals surface area contributed by atoms with Crippen LogP contribution >= 0.6 is 11.3 Å². The van der Waals surface area contributed by atoms with Crippen molar-refractivity contribution in [1.82, 2.24) is 19.9 Å². The van der Waals surface area contributed by atoms with E-state index in [-0.39, 0.29) is 0 Å². The van der Waals surface area contributed by atoms with E-state index in [4.69, 9.17) is 9.97 Å². The third-order valence-electron chi connectivity index (χ3n) is 4.78. The van der Waals surface area contributed by atoms with E-state index in [1.54, 1.807) is 11.3 Å². The van der Waals surface area contributed by atoms with E-state index in [0.717, 1.165) is 47.8 Å². The molecule has 4 heterocycles. The van der Waals surface area contributed by atoms with Crippen LogP contribution < -0.4 is 0 Å². The molecule has 0 fully saturated rings. The van der Waals surface area contributed by atoms with E-state index < -0.39 is 0 Å². The molecule has 3 aromatic heterocycles. The molecule has 0 amide bonds. The minimum absolute atomic E-state index is 0.853. The van der Waals surface area contributed by atoms with Gasteiger partial charge in [-0.2, -0.15) is 0 Å². The Kier molecular flexibility index (Phi) is 3.96. The Hall–Kier alpha value is -2.63. The standard InChI is InChI=1S/C21H18N4S/c1-2-5-15(6-3-1)21-23-18(14-26-21)13-25-10-8-19-17(12-25)11-16-7-4-9-22-20(16)24-19/h1-7,9,11,14H,8,10,12-13H2. The Labute approximate surface area is 156 Å². The first kappa shape index (κ1) is 15.6. The van der Waals surface area contributed by atoms with Gasteiger partial charge in [-0.05, 0) is 23.8 Å². The highest BCUT2D eigenvalue weighted by Gasteiger charge is 2.19. The number of hydrogen-bond donors (Lipinski definition) is 0. The summed E-state index contributed by atoms with van der Waals surface area (Å²) < 4.78 is 0. The molecular formula is C21H18N4S. The Bertz CT molecular complexity index is 1060. The zero-order chi connectivity index (χ0) is 17.3. The lowest BCUT2D eigenvalue weighted by molar-refractivity contribution is 0.241. The van der Waals surface area contributed by atoms with Gasteiger partial charge in [-0.25, -0.2) is 15.0 Å². The molecule has 0 N–H and O–H groups in total. The van der Waals surface area contributed by atoms with Gasteiger partial charge in [-0.1, -0.05) is 30.3 Å². The van der Waals surface area contributed by atoms with E-state index in [1.165, 1.54) is 16.8 Å². The number of pyridine rings is 2. The van der Waals surface area contributed by atoms with Crippen LogP contribution in [0, 0.1) is 0 Å². The first-order chi connectivity index (χ1) is 12.8. The molecule has 0 atom stereocenters. The Balaban J connectivity index is 1.35. The van der Waals surface area contributed by atoms with Crippen molar-refractivity contribution >= 4 is 22.4 Å². The Morgan fingerprint density at radius 3 is 2.88 bits per heavy atom. The largest absolute Gasteiger partial charge is 0.293 e. The molecule has 1 aromatic carbocycles. The molecule has 0 spiro atoms. The lowest BCUT2D eigenvalue weighted by Crippen LogP contribution is -2.30. The number of fused-ring (bicyclic) bond motifs is 2. The lowest BCUT2D eigenvalue weighted by Gasteiger charge is -2.27. The van der Waals surface area contributed by atoms with Gasteiger partial charge in [-0.3, -0.25) is 4.90 Å². The fourth-order valence-corrected chi connectivity index (χ4v) is 4.30. The summed E-state index contributed by atoms with van der Waals surface area (Å²) in [5, 5.41) is 4.39. The molecule has 0 bridgehead atoms. The number of thiazole rings is 1. The number of hydrogen-bond acceptors (Lipinski definition) is 5. The van der Waals surface area contributed by atoms with Crippen molar-refractivity contribution in [2.24, 2.45) is 0 Å². The lowest BCUT2D eigenvalue weighted by atomic mass is 10.0. The third kappa shape index (κ3) is 3.00. The van der Waals surface area contributed by atoms with Gasteiger partial charge in [0.25, 0.3) is 0 Å². The molecule has 26 heavy (non-hydrogen) atoms. The quantitative estimate of drug-likeness (QED) is 0.547. The summed E-state index contributed by atoms with van der Waals surface area (Å²) in [6, 6.07) is 16.7. The minimum Gasteiger partial charge on any atom is -0.293 e. The highest BCUT2D eigenvalue weighted by atomic mass is 32.1. The molecule has 4 aromatic rings. The van der Waals surface area contributed by atoms with Crippen LogP contribution in [0.1, 0.15) is 17.0 Å². The number of aromatic nitrogens is 3. The van der Waals surface area contributed by atoms with Crippen molar-refractivity contribution in [3.63, 3.8) is 0 Å². The van der Waals surface area contributed by atoms with Crippen molar-refractivity contribution in [3.05, 3.63) is 77.1 Å². The summed E-state index contributed by atoms with van der Waals surface area (Å²) >= 11 is 1.72. The number of rotatable bonds is 3. The van der Waals surface area contributed by atoms with Crippen LogP contribution in [0.25, 0.3) is 21.6 Å². The first-order valence-corrected chi connectivity index (χ1v) is 9.69. The van der Waals surface area contributed by atoms with E-state index in [0.29, 0.717) is 0 Å². The topological polar surface area (TPSA) is 41.9 Å². The van der Waals surface area contributed by atoms with E-state index in [1.807, 2.05) is 18.3 Å². The van der Waals surface area contributed by atoms with Crippen LogP contribution in [0.5, 0.6) is 0 Å². The van der Waals surface area contributed by atoms with Gasteiger partial charge < -0.3 is 0 Å². The zero-order valence-corrected chi connectivity index (χ0v) is 15.1. The van der Waals surface area contributed by atoms with Gasteiger partial charge in [0.2, 0.25) is 0 Å². The molecule has 0 aliphatic carbocycles. The van der Waals surface area contributed by atoms with Gasteiger partial charge in [0.1, 0.15) is 5.01 Å². The normalized spacial score (nSPS) is 14.5. The molecule has 1 aliphatic heterocycles. The van der Waals surface area contributed by atoms with Gasteiger partial charge in [-0.15, -0.1) is 11.3 Å². The second kappa shape index (κ2) is 6.59. The maximum Gasteiger partial charge on any atom is 0.159 e. The van der Waals surface area contributed by atoms with Gasteiger partial charge in [0.05, 0.1) is 5.69 Å². The van der Waals surface area contributed by atoms with Crippen molar-refractivity contribution in [3.8, 4) is 10.6 Å². The van der Waals surface area contributed by atoms with Crippen LogP contribution in [-0.2, 0) is 19.5 Å². The highest BCUT2D eigenvalue weighted by molar-refractivity contribution is 7.13. The third-order valence-corrected chi connectivity index (χ3v) is 5.72. The highest BCUT2D eigenvalue weighted by Crippen LogP contribution is 2.26. The molecule has 0 radical (unpaired) electrons. The summed E-state index contributed by atoms with van der Waals surface area (Å²) in [5.41, 5.74) is 5.70. The van der Waals surface area contributed by atoms with Crippen molar-refractivity contribution < 1.29 is 0 Å². The molecule has 0 saturated heterocycles. The van der Waals surface area contributed by atoms with E-state index >= 15 is 0 Å².